The average molecular weight is 268 g/mol. The summed E-state index contributed by atoms with van der Waals surface area (Å²) < 4.78 is 27.6. The van der Waals surface area contributed by atoms with E-state index in [0.717, 1.165) is 18.9 Å². The molecule has 1 N–H and O–H groups in total. The summed E-state index contributed by atoms with van der Waals surface area (Å²) in [7, 11) is 0. The lowest BCUT2D eigenvalue weighted by Gasteiger charge is -2.18. The third-order valence-electron chi connectivity index (χ3n) is 3.72. The largest absolute Gasteiger partial charge is 0.481 e. The van der Waals surface area contributed by atoms with Gasteiger partial charge in [-0.05, 0) is 41.9 Å². The van der Waals surface area contributed by atoms with E-state index in [1.54, 1.807) is 0 Å². The Morgan fingerprint density at radius 3 is 2.32 bits per heavy atom. The molecule has 1 aromatic rings. The van der Waals surface area contributed by atoms with Crippen LogP contribution in [-0.4, -0.2) is 11.1 Å². The van der Waals surface area contributed by atoms with Crippen LogP contribution in [0.2, 0.25) is 0 Å². The molecule has 1 aromatic carbocycles. The van der Waals surface area contributed by atoms with Crippen molar-refractivity contribution in [3.63, 3.8) is 0 Å². The number of carboxylic acid groups (broad SMARTS) is 1. The van der Waals surface area contributed by atoms with Crippen LogP contribution in [0.1, 0.15) is 56.1 Å². The summed E-state index contributed by atoms with van der Waals surface area (Å²) >= 11 is 0. The van der Waals surface area contributed by atoms with Crippen LogP contribution >= 0.6 is 0 Å². The molecule has 0 saturated heterocycles. The highest BCUT2D eigenvalue weighted by Crippen LogP contribution is 2.45. The molecule has 1 unspecified atom stereocenters. The number of halogens is 2. The zero-order valence-electron chi connectivity index (χ0n) is 11.1. The smallest absolute Gasteiger partial charge is 0.303 e. The molecule has 2 rings (SSSR count). The molecule has 0 spiro atoms. The first-order valence-electron chi connectivity index (χ1n) is 6.60. The second-order valence-electron chi connectivity index (χ2n) is 5.59. The van der Waals surface area contributed by atoms with Crippen LogP contribution < -0.4 is 0 Å². The predicted octanol–water partition coefficient (Wildman–Crippen LogP) is 4.06. The zero-order chi connectivity index (χ0) is 14.2. The molecule has 0 aliphatic heterocycles. The van der Waals surface area contributed by atoms with Crippen LogP contribution in [0.15, 0.2) is 12.1 Å². The Hall–Kier alpha value is -1.45. The topological polar surface area (TPSA) is 37.3 Å². The summed E-state index contributed by atoms with van der Waals surface area (Å²) in [5.41, 5.74) is 0.808. The third kappa shape index (κ3) is 3.11. The lowest BCUT2D eigenvalue weighted by Crippen LogP contribution is -2.11. The second kappa shape index (κ2) is 5.27. The maximum atomic E-state index is 13.9. The Balaban J connectivity index is 2.40. The lowest BCUT2D eigenvalue weighted by atomic mass is 9.87. The minimum Gasteiger partial charge on any atom is -0.481 e. The highest BCUT2D eigenvalue weighted by molar-refractivity contribution is 5.68. The quantitative estimate of drug-likeness (QED) is 0.874. The lowest BCUT2D eigenvalue weighted by molar-refractivity contribution is -0.137. The van der Waals surface area contributed by atoms with Crippen molar-refractivity contribution in [1.82, 2.24) is 0 Å². The Labute approximate surface area is 111 Å². The third-order valence-corrected chi connectivity index (χ3v) is 3.72. The number of hydrogen-bond acceptors (Lipinski definition) is 1. The van der Waals surface area contributed by atoms with E-state index in [9.17, 15) is 13.6 Å². The van der Waals surface area contributed by atoms with E-state index >= 15 is 0 Å². The standard InChI is InChI=1S/C15H18F2O2/c1-8(2)10-5-12(14(17)7-13(10)16)11(6-15(18)19)9-3-4-9/h5,7-9,11H,3-4,6H2,1-2H3,(H,18,19). The highest BCUT2D eigenvalue weighted by Gasteiger charge is 2.35. The van der Waals surface area contributed by atoms with Crippen molar-refractivity contribution in [2.75, 3.05) is 0 Å². The number of carboxylic acids is 1. The van der Waals surface area contributed by atoms with E-state index in [1.807, 2.05) is 13.8 Å². The molecule has 1 atom stereocenters. The first kappa shape index (κ1) is 14.0. The van der Waals surface area contributed by atoms with Crippen molar-refractivity contribution in [3.8, 4) is 0 Å². The molecule has 1 saturated carbocycles. The molecule has 1 aliphatic carbocycles. The van der Waals surface area contributed by atoms with Gasteiger partial charge in [0.15, 0.2) is 0 Å². The first-order chi connectivity index (χ1) is 8.90. The molecule has 1 fully saturated rings. The SMILES string of the molecule is CC(C)c1cc(C(CC(=O)O)C2CC2)c(F)cc1F. The van der Waals surface area contributed by atoms with Crippen molar-refractivity contribution in [3.05, 3.63) is 34.9 Å². The second-order valence-corrected chi connectivity index (χ2v) is 5.59. The Bertz CT molecular complexity index is 493. The summed E-state index contributed by atoms with van der Waals surface area (Å²) in [6.07, 6.45) is 1.75. The van der Waals surface area contributed by atoms with Gasteiger partial charge in [-0.1, -0.05) is 13.8 Å². The summed E-state index contributed by atoms with van der Waals surface area (Å²) in [6.45, 7) is 3.67. The normalized spacial score (nSPS) is 16.7. The number of benzene rings is 1. The fraction of sp³-hybridized carbons (Fsp3) is 0.533. The molecule has 0 aromatic heterocycles. The number of aliphatic carboxylic acids is 1. The van der Waals surface area contributed by atoms with Gasteiger partial charge in [0.1, 0.15) is 11.6 Å². The van der Waals surface area contributed by atoms with Crippen LogP contribution in [0.5, 0.6) is 0 Å². The van der Waals surface area contributed by atoms with Gasteiger partial charge in [-0.15, -0.1) is 0 Å². The minimum atomic E-state index is -0.938. The van der Waals surface area contributed by atoms with E-state index in [4.69, 9.17) is 5.11 Å². The van der Waals surface area contributed by atoms with E-state index in [-0.39, 0.29) is 24.2 Å². The average Bonchev–Trinajstić information content (AvgIpc) is 3.09. The number of carbonyl (C=O) groups is 1. The summed E-state index contributed by atoms with van der Waals surface area (Å²) in [5.74, 6) is -2.29. The summed E-state index contributed by atoms with van der Waals surface area (Å²) in [4.78, 5) is 10.9. The van der Waals surface area contributed by atoms with E-state index in [1.165, 1.54) is 6.07 Å². The maximum absolute atomic E-state index is 13.9. The van der Waals surface area contributed by atoms with Gasteiger partial charge < -0.3 is 5.11 Å². The van der Waals surface area contributed by atoms with Gasteiger partial charge in [0.05, 0.1) is 6.42 Å². The fourth-order valence-electron chi connectivity index (χ4n) is 2.53. The van der Waals surface area contributed by atoms with Crippen LogP contribution in [0.25, 0.3) is 0 Å². The Kier molecular flexibility index (Phi) is 3.88. The molecule has 0 amide bonds. The Morgan fingerprint density at radius 1 is 1.26 bits per heavy atom. The Morgan fingerprint density at radius 2 is 1.84 bits per heavy atom. The molecule has 4 heteroatoms. The van der Waals surface area contributed by atoms with Crippen LogP contribution in [-0.2, 0) is 4.79 Å². The van der Waals surface area contributed by atoms with E-state index < -0.39 is 17.6 Å². The van der Waals surface area contributed by atoms with Crippen molar-refractivity contribution >= 4 is 5.97 Å². The van der Waals surface area contributed by atoms with Gasteiger partial charge in [-0.25, -0.2) is 8.78 Å². The van der Waals surface area contributed by atoms with Crippen LogP contribution in [0.3, 0.4) is 0 Å². The fourth-order valence-corrected chi connectivity index (χ4v) is 2.53. The van der Waals surface area contributed by atoms with Gasteiger partial charge in [-0.2, -0.15) is 0 Å². The van der Waals surface area contributed by atoms with Gasteiger partial charge in [-0.3, -0.25) is 4.79 Å². The van der Waals surface area contributed by atoms with Gasteiger partial charge >= 0.3 is 5.97 Å². The van der Waals surface area contributed by atoms with E-state index in [0.29, 0.717) is 11.1 Å². The predicted molar refractivity (Wildman–Crippen MR) is 68.2 cm³/mol. The monoisotopic (exact) mass is 268 g/mol. The molecule has 0 bridgehead atoms. The molecule has 0 radical (unpaired) electrons. The minimum absolute atomic E-state index is 0.0518. The molecule has 104 valence electrons. The van der Waals surface area contributed by atoms with Crippen LogP contribution in [0, 0.1) is 17.6 Å². The molecule has 2 nitrogen and oxygen atoms in total. The van der Waals surface area contributed by atoms with Crippen molar-refractivity contribution in [2.24, 2.45) is 5.92 Å². The van der Waals surface area contributed by atoms with Gasteiger partial charge in [0, 0.05) is 12.0 Å². The van der Waals surface area contributed by atoms with Crippen molar-refractivity contribution < 1.29 is 18.7 Å². The number of hydrogen-bond donors (Lipinski definition) is 1. The van der Waals surface area contributed by atoms with Gasteiger partial charge in [0.25, 0.3) is 0 Å². The van der Waals surface area contributed by atoms with Crippen molar-refractivity contribution in [1.29, 1.82) is 0 Å². The molecule has 19 heavy (non-hydrogen) atoms. The van der Waals surface area contributed by atoms with E-state index in [2.05, 4.69) is 0 Å². The zero-order valence-corrected chi connectivity index (χ0v) is 11.1. The molecular weight excluding hydrogens is 250 g/mol. The summed E-state index contributed by atoms with van der Waals surface area (Å²) in [5, 5.41) is 8.95. The molecular formula is C15H18F2O2. The van der Waals surface area contributed by atoms with Crippen LogP contribution in [0.4, 0.5) is 8.78 Å². The van der Waals surface area contributed by atoms with Crippen molar-refractivity contribution in [2.45, 2.75) is 44.9 Å². The molecule has 0 heterocycles. The summed E-state index contributed by atoms with van der Waals surface area (Å²) in [6, 6.07) is 2.41. The maximum Gasteiger partial charge on any atom is 0.303 e. The first-order valence-corrected chi connectivity index (χ1v) is 6.60. The number of rotatable bonds is 5. The highest BCUT2D eigenvalue weighted by atomic mass is 19.1. The van der Waals surface area contributed by atoms with Gasteiger partial charge in [0.2, 0.25) is 0 Å². The molecule has 1 aliphatic rings.